The number of rotatable bonds is 4. The van der Waals surface area contributed by atoms with Crippen LogP contribution in [0.15, 0.2) is 18.2 Å². The van der Waals surface area contributed by atoms with Gasteiger partial charge in [-0.05, 0) is 31.0 Å². The largest absolute Gasteiger partial charge is 0.506 e. The maximum Gasteiger partial charge on any atom is 0.134 e. The van der Waals surface area contributed by atoms with Crippen molar-refractivity contribution >= 4 is 17.3 Å². The first kappa shape index (κ1) is 12.2. The number of phenolic OH excluding ortho intramolecular Hbond substituents is 1. The van der Waals surface area contributed by atoms with E-state index in [-0.39, 0.29) is 5.75 Å². The SMILES string of the molecule is CCC(C)C(C)Nc1ccc(O)c(Cl)c1. The van der Waals surface area contributed by atoms with Gasteiger partial charge < -0.3 is 10.4 Å². The molecule has 0 aliphatic heterocycles. The minimum absolute atomic E-state index is 0.124. The van der Waals surface area contributed by atoms with E-state index in [4.69, 9.17) is 11.6 Å². The van der Waals surface area contributed by atoms with Crippen LogP contribution in [0.25, 0.3) is 0 Å². The van der Waals surface area contributed by atoms with Crippen molar-refractivity contribution in [3.8, 4) is 5.75 Å². The van der Waals surface area contributed by atoms with Gasteiger partial charge in [0.15, 0.2) is 0 Å². The normalized spacial score (nSPS) is 14.7. The lowest BCUT2D eigenvalue weighted by molar-refractivity contribution is 0.475. The number of aromatic hydroxyl groups is 1. The third-order valence-corrected chi connectivity index (χ3v) is 3.14. The predicted molar refractivity (Wildman–Crippen MR) is 65.7 cm³/mol. The van der Waals surface area contributed by atoms with Crippen molar-refractivity contribution in [1.29, 1.82) is 0 Å². The highest BCUT2D eigenvalue weighted by molar-refractivity contribution is 6.32. The van der Waals surface area contributed by atoms with E-state index < -0.39 is 0 Å². The van der Waals surface area contributed by atoms with E-state index in [2.05, 4.69) is 26.1 Å². The van der Waals surface area contributed by atoms with Crippen LogP contribution in [-0.4, -0.2) is 11.1 Å². The lowest BCUT2D eigenvalue weighted by Gasteiger charge is -2.21. The van der Waals surface area contributed by atoms with Gasteiger partial charge >= 0.3 is 0 Å². The highest BCUT2D eigenvalue weighted by Gasteiger charge is 2.10. The maximum absolute atomic E-state index is 9.27. The van der Waals surface area contributed by atoms with Crippen molar-refractivity contribution in [1.82, 2.24) is 0 Å². The molecule has 2 N–H and O–H groups in total. The van der Waals surface area contributed by atoms with Gasteiger partial charge in [-0.3, -0.25) is 0 Å². The molecule has 0 spiro atoms. The Morgan fingerprint density at radius 1 is 1.40 bits per heavy atom. The number of halogens is 1. The Morgan fingerprint density at radius 2 is 2.07 bits per heavy atom. The molecule has 1 aromatic rings. The summed E-state index contributed by atoms with van der Waals surface area (Å²) in [6.07, 6.45) is 1.14. The fourth-order valence-corrected chi connectivity index (χ4v) is 1.54. The second-order valence-corrected chi connectivity index (χ2v) is 4.39. The summed E-state index contributed by atoms with van der Waals surface area (Å²) in [4.78, 5) is 0. The summed E-state index contributed by atoms with van der Waals surface area (Å²) in [5.41, 5.74) is 0.950. The molecule has 3 heteroatoms. The number of phenols is 1. The van der Waals surface area contributed by atoms with Crippen molar-refractivity contribution in [2.45, 2.75) is 33.2 Å². The highest BCUT2D eigenvalue weighted by atomic mass is 35.5. The minimum atomic E-state index is 0.124. The van der Waals surface area contributed by atoms with Crippen molar-refractivity contribution in [2.75, 3.05) is 5.32 Å². The van der Waals surface area contributed by atoms with Gasteiger partial charge in [0.1, 0.15) is 5.75 Å². The molecule has 2 unspecified atom stereocenters. The van der Waals surface area contributed by atoms with Gasteiger partial charge in [0.05, 0.1) is 5.02 Å². The lowest BCUT2D eigenvalue weighted by Crippen LogP contribution is -2.23. The molecule has 0 amide bonds. The van der Waals surface area contributed by atoms with E-state index in [1.165, 1.54) is 0 Å². The third-order valence-electron chi connectivity index (χ3n) is 2.84. The second kappa shape index (κ2) is 5.26. The first-order valence-corrected chi connectivity index (χ1v) is 5.67. The third kappa shape index (κ3) is 3.31. The first-order chi connectivity index (χ1) is 7.04. The van der Waals surface area contributed by atoms with Crippen LogP contribution in [0.1, 0.15) is 27.2 Å². The molecule has 84 valence electrons. The molecule has 0 aliphatic rings. The van der Waals surface area contributed by atoms with E-state index in [0.29, 0.717) is 17.0 Å². The van der Waals surface area contributed by atoms with Gasteiger partial charge in [-0.1, -0.05) is 31.9 Å². The van der Waals surface area contributed by atoms with Crippen LogP contribution in [0.3, 0.4) is 0 Å². The number of hydrogen-bond donors (Lipinski definition) is 2. The topological polar surface area (TPSA) is 32.3 Å². The Balaban J connectivity index is 2.68. The van der Waals surface area contributed by atoms with E-state index >= 15 is 0 Å². The number of benzene rings is 1. The van der Waals surface area contributed by atoms with Crippen molar-refractivity contribution in [3.05, 3.63) is 23.2 Å². The average molecular weight is 228 g/mol. The van der Waals surface area contributed by atoms with Crippen LogP contribution in [-0.2, 0) is 0 Å². The van der Waals surface area contributed by atoms with Gasteiger partial charge in [0.2, 0.25) is 0 Å². The van der Waals surface area contributed by atoms with Crippen molar-refractivity contribution in [3.63, 3.8) is 0 Å². The molecule has 0 bridgehead atoms. The maximum atomic E-state index is 9.27. The predicted octanol–water partition coefficient (Wildman–Crippen LogP) is 3.89. The summed E-state index contributed by atoms with van der Waals surface area (Å²) in [5.74, 6) is 0.732. The van der Waals surface area contributed by atoms with E-state index in [9.17, 15) is 5.11 Å². The quantitative estimate of drug-likeness (QED) is 0.765. The van der Waals surface area contributed by atoms with Crippen molar-refractivity contribution in [2.24, 2.45) is 5.92 Å². The zero-order valence-electron chi connectivity index (χ0n) is 9.42. The smallest absolute Gasteiger partial charge is 0.134 e. The molecule has 0 fully saturated rings. The molecule has 1 rings (SSSR count). The van der Waals surface area contributed by atoms with Gasteiger partial charge in [-0.2, -0.15) is 0 Å². The molecule has 0 saturated heterocycles. The molecule has 2 atom stereocenters. The van der Waals surface area contributed by atoms with E-state index in [1.54, 1.807) is 12.1 Å². The monoisotopic (exact) mass is 227 g/mol. The molecular formula is C12H18ClNO. The molecule has 0 radical (unpaired) electrons. The Hall–Kier alpha value is -0.890. The fourth-order valence-electron chi connectivity index (χ4n) is 1.36. The zero-order chi connectivity index (χ0) is 11.4. The molecule has 15 heavy (non-hydrogen) atoms. The van der Waals surface area contributed by atoms with Crippen molar-refractivity contribution < 1.29 is 5.11 Å². The Kier molecular flexibility index (Phi) is 4.28. The Morgan fingerprint density at radius 3 is 2.60 bits per heavy atom. The lowest BCUT2D eigenvalue weighted by atomic mass is 10.0. The van der Waals surface area contributed by atoms with Gasteiger partial charge in [0.25, 0.3) is 0 Å². The van der Waals surface area contributed by atoms with Gasteiger partial charge in [-0.15, -0.1) is 0 Å². The van der Waals surface area contributed by atoms with Gasteiger partial charge in [0, 0.05) is 11.7 Å². The van der Waals surface area contributed by atoms with Crippen LogP contribution in [0.5, 0.6) is 5.75 Å². The summed E-state index contributed by atoms with van der Waals surface area (Å²) in [5, 5.41) is 13.0. The number of hydrogen-bond acceptors (Lipinski definition) is 2. The first-order valence-electron chi connectivity index (χ1n) is 5.29. The molecular weight excluding hydrogens is 210 g/mol. The summed E-state index contributed by atoms with van der Waals surface area (Å²) in [6, 6.07) is 5.58. The minimum Gasteiger partial charge on any atom is -0.506 e. The highest BCUT2D eigenvalue weighted by Crippen LogP contribution is 2.27. The fraction of sp³-hybridized carbons (Fsp3) is 0.500. The zero-order valence-corrected chi connectivity index (χ0v) is 10.2. The van der Waals surface area contributed by atoms with Crippen LogP contribution in [0.4, 0.5) is 5.69 Å². The van der Waals surface area contributed by atoms with Gasteiger partial charge in [-0.25, -0.2) is 0 Å². The van der Waals surface area contributed by atoms with Crippen LogP contribution in [0.2, 0.25) is 5.02 Å². The molecule has 0 aliphatic carbocycles. The second-order valence-electron chi connectivity index (χ2n) is 3.98. The Bertz CT molecular complexity index is 327. The summed E-state index contributed by atoms with van der Waals surface area (Å²) >= 11 is 5.82. The average Bonchev–Trinajstić information content (AvgIpc) is 2.22. The molecule has 2 nitrogen and oxygen atoms in total. The van der Waals surface area contributed by atoms with Crippen LogP contribution >= 0.6 is 11.6 Å². The van der Waals surface area contributed by atoms with E-state index in [0.717, 1.165) is 12.1 Å². The number of nitrogens with one attached hydrogen (secondary N) is 1. The van der Waals surface area contributed by atoms with Crippen LogP contribution in [0, 0.1) is 5.92 Å². The van der Waals surface area contributed by atoms with E-state index in [1.807, 2.05) is 6.07 Å². The standard InChI is InChI=1S/C12H18ClNO/c1-4-8(2)9(3)14-10-5-6-12(15)11(13)7-10/h5-9,14-15H,4H2,1-3H3. The number of anilines is 1. The van der Waals surface area contributed by atoms with Crippen LogP contribution < -0.4 is 5.32 Å². The molecule has 0 saturated carbocycles. The Labute approximate surface area is 96.3 Å². The summed E-state index contributed by atoms with van der Waals surface area (Å²) in [6.45, 7) is 6.53. The summed E-state index contributed by atoms with van der Waals surface area (Å²) < 4.78 is 0. The summed E-state index contributed by atoms with van der Waals surface area (Å²) in [7, 11) is 0. The molecule has 0 aromatic heterocycles. The molecule has 1 aromatic carbocycles. The molecule has 0 heterocycles.